The third-order valence-corrected chi connectivity index (χ3v) is 3.31. The number of anilines is 1. The fraction of sp³-hybridized carbons (Fsp3) is 0.533. The Labute approximate surface area is 119 Å². The molecule has 110 valence electrons. The van der Waals surface area contributed by atoms with Crippen LogP contribution in [0, 0.1) is 0 Å². The number of hydrogen-bond donors (Lipinski definition) is 2. The number of carbonyl (C=O) groups is 1. The minimum Gasteiger partial charge on any atom is -0.497 e. The summed E-state index contributed by atoms with van der Waals surface area (Å²) < 4.78 is 10.6. The van der Waals surface area contributed by atoms with Crippen molar-refractivity contribution in [1.82, 2.24) is 5.32 Å². The first kappa shape index (κ1) is 14.8. The molecule has 1 heterocycles. The minimum atomic E-state index is -0.0504. The monoisotopic (exact) mass is 278 g/mol. The van der Waals surface area contributed by atoms with Crippen LogP contribution < -0.4 is 15.4 Å². The molecule has 20 heavy (non-hydrogen) atoms. The fourth-order valence-electron chi connectivity index (χ4n) is 2.24. The highest BCUT2D eigenvalue weighted by Crippen LogP contribution is 2.16. The van der Waals surface area contributed by atoms with Crippen molar-refractivity contribution in [1.29, 1.82) is 0 Å². The summed E-state index contributed by atoms with van der Waals surface area (Å²) in [7, 11) is 1.60. The van der Waals surface area contributed by atoms with Gasteiger partial charge in [0.2, 0.25) is 5.91 Å². The summed E-state index contributed by atoms with van der Waals surface area (Å²) in [4.78, 5) is 11.8. The van der Waals surface area contributed by atoms with E-state index >= 15 is 0 Å². The summed E-state index contributed by atoms with van der Waals surface area (Å²) in [6, 6.07) is 7.33. The van der Waals surface area contributed by atoms with Gasteiger partial charge in [-0.2, -0.15) is 0 Å². The maximum Gasteiger partial charge on any atom is 0.238 e. The summed E-state index contributed by atoms with van der Waals surface area (Å²) in [5.41, 5.74) is 0.746. The van der Waals surface area contributed by atoms with Crippen molar-refractivity contribution in [3.05, 3.63) is 24.3 Å². The van der Waals surface area contributed by atoms with Crippen LogP contribution in [0.5, 0.6) is 5.75 Å². The third-order valence-electron chi connectivity index (χ3n) is 3.31. The second kappa shape index (κ2) is 7.87. The van der Waals surface area contributed by atoms with Gasteiger partial charge in [-0.05, 0) is 37.9 Å². The summed E-state index contributed by atoms with van der Waals surface area (Å²) in [6.07, 6.45) is 3.62. The van der Waals surface area contributed by atoms with E-state index in [0.717, 1.165) is 43.9 Å². The molecule has 1 aliphatic heterocycles. The first-order valence-corrected chi connectivity index (χ1v) is 7.04. The zero-order valence-corrected chi connectivity index (χ0v) is 11.9. The maximum atomic E-state index is 11.8. The lowest BCUT2D eigenvalue weighted by Crippen LogP contribution is -2.30. The van der Waals surface area contributed by atoms with Crippen molar-refractivity contribution >= 4 is 11.6 Å². The zero-order chi connectivity index (χ0) is 14.2. The lowest BCUT2D eigenvalue weighted by molar-refractivity contribution is -0.115. The molecular formula is C15H22N2O3. The molecule has 0 spiro atoms. The van der Waals surface area contributed by atoms with E-state index in [2.05, 4.69) is 10.6 Å². The lowest BCUT2D eigenvalue weighted by atomic mass is 10.2. The van der Waals surface area contributed by atoms with Crippen molar-refractivity contribution < 1.29 is 14.3 Å². The second-order valence-corrected chi connectivity index (χ2v) is 4.88. The number of methoxy groups -OCH3 is 1. The summed E-state index contributed by atoms with van der Waals surface area (Å²) >= 11 is 0. The number of benzene rings is 1. The molecule has 1 unspecified atom stereocenters. The molecule has 0 radical (unpaired) electrons. The Hall–Kier alpha value is -1.59. The molecule has 1 saturated heterocycles. The number of nitrogens with one attached hydrogen (secondary N) is 2. The van der Waals surface area contributed by atoms with Gasteiger partial charge in [-0.25, -0.2) is 0 Å². The van der Waals surface area contributed by atoms with E-state index in [-0.39, 0.29) is 5.91 Å². The summed E-state index contributed by atoms with van der Waals surface area (Å²) in [6.45, 7) is 1.99. The average Bonchev–Trinajstić information content (AvgIpc) is 2.97. The summed E-state index contributed by atoms with van der Waals surface area (Å²) in [5, 5.41) is 5.97. The number of hydrogen-bond acceptors (Lipinski definition) is 4. The summed E-state index contributed by atoms with van der Waals surface area (Å²) in [5.74, 6) is 0.680. The van der Waals surface area contributed by atoms with Gasteiger partial charge >= 0.3 is 0 Å². The van der Waals surface area contributed by atoms with Crippen molar-refractivity contribution in [2.45, 2.75) is 25.4 Å². The van der Waals surface area contributed by atoms with Gasteiger partial charge < -0.3 is 20.1 Å². The number of amides is 1. The van der Waals surface area contributed by atoms with E-state index in [1.54, 1.807) is 13.2 Å². The van der Waals surface area contributed by atoms with Crippen LogP contribution in [0.3, 0.4) is 0 Å². The fourth-order valence-corrected chi connectivity index (χ4v) is 2.24. The molecule has 0 bridgehead atoms. The predicted molar refractivity (Wildman–Crippen MR) is 78.1 cm³/mol. The van der Waals surface area contributed by atoms with E-state index in [4.69, 9.17) is 9.47 Å². The maximum absolute atomic E-state index is 11.8. The van der Waals surface area contributed by atoms with Crippen LogP contribution in [0.4, 0.5) is 5.69 Å². The van der Waals surface area contributed by atoms with Crippen LogP contribution in [-0.2, 0) is 9.53 Å². The van der Waals surface area contributed by atoms with Gasteiger partial charge in [-0.3, -0.25) is 4.79 Å². The Morgan fingerprint density at radius 1 is 1.50 bits per heavy atom. The predicted octanol–water partition coefficient (Wildman–Crippen LogP) is 1.79. The lowest BCUT2D eigenvalue weighted by Gasteiger charge is -2.10. The van der Waals surface area contributed by atoms with Crippen LogP contribution in [0.2, 0.25) is 0 Å². The van der Waals surface area contributed by atoms with Gasteiger partial charge in [-0.1, -0.05) is 6.07 Å². The van der Waals surface area contributed by atoms with Crippen molar-refractivity contribution in [3.63, 3.8) is 0 Å². The highest BCUT2D eigenvalue weighted by atomic mass is 16.5. The van der Waals surface area contributed by atoms with Gasteiger partial charge in [0.05, 0.1) is 19.8 Å². The van der Waals surface area contributed by atoms with Crippen molar-refractivity contribution in [2.75, 3.05) is 32.1 Å². The molecule has 1 aliphatic rings. The van der Waals surface area contributed by atoms with Gasteiger partial charge in [0.25, 0.3) is 0 Å². The van der Waals surface area contributed by atoms with Crippen molar-refractivity contribution in [2.24, 2.45) is 0 Å². The normalized spacial score (nSPS) is 17.9. The molecule has 5 nitrogen and oxygen atoms in total. The molecule has 1 aromatic rings. The Morgan fingerprint density at radius 3 is 3.15 bits per heavy atom. The minimum absolute atomic E-state index is 0.0504. The van der Waals surface area contributed by atoms with Crippen LogP contribution in [0.25, 0.3) is 0 Å². The van der Waals surface area contributed by atoms with Crippen LogP contribution >= 0.6 is 0 Å². The van der Waals surface area contributed by atoms with Gasteiger partial charge in [0, 0.05) is 18.4 Å². The van der Waals surface area contributed by atoms with Gasteiger partial charge in [0.1, 0.15) is 5.75 Å². The molecule has 1 atom stereocenters. The molecule has 2 rings (SSSR count). The largest absolute Gasteiger partial charge is 0.497 e. The number of rotatable bonds is 7. The van der Waals surface area contributed by atoms with E-state index in [1.165, 1.54) is 0 Å². The van der Waals surface area contributed by atoms with E-state index in [9.17, 15) is 4.79 Å². The zero-order valence-electron chi connectivity index (χ0n) is 11.9. The highest BCUT2D eigenvalue weighted by Gasteiger charge is 2.14. The molecule has 5 heteroatoms. The molecule has 0 aliphatic carbocycles. The van der Waals surface area contributed by atoms with Crippen LogP contribution in [-0.4, -0.2) is 38.8 Å². The average molecular weight is 278 g/mol. The molecule has 1 aromatic carbocycles. The van der Waals surface area contributed by atoms with Crippen LogP contribution in [0.1, 0.15) is 19.3 Å². The number of ether oxygens (including phenoxy) is 2. The van der Waals surface area contributed by atoms with Crippen LogP contribution in [0.15, 0.2) is 24.3 Å². The quantitative estimate of drug-likeness (QED) is 0.747. The Bertz CT molecular complexity index is 431. The molecule has 0 saturated carbocycles. The second-order valence-electron chi connectivity index (χ2n) is 4.88. The SMILES string of the molecule is COc1cccc(NC(=O)CNCCC2CCCO2)c1. The highest BCUT2D eigenvalue weighted by molar-refractivity contribution is 5.92. The topological polar surface area (TPSA) is 59.6 Å². The smallest absolute Gasteiger partial charge is 0.238 e. The standard InChI is InChI=1S/C15H22N2O3/c1-19-14-5-2-4-12(10-14)17-15(18)11-16-8-7-13-6-3-9-20-13/h2,4-5,10,13,16H,3,6-9,11H2,1H3,(H,17,18). The van der Waals surface area contributed by atoms with E-state index in [0.29, 0.717) is 12.6 Å². The Balaban J connectivity index is 1.64. The van der Waals surface area contributed by atoms with Gasteiger partial charge in [-0.15, -0.1) is 0 Å². The Kier molecular flexibility index (Phi) is 5.83. The molecular weight excluding hydrogens is 256 g/mol. The van der Waals surface area contributed by atoms with Gasteiger partial charge in [0.15, 0.2) is 0 Å². The first-order chi connectivity index (χ1) is 9.78. The first-order valence-electron chi connectivity index (χ1n) is 7.04. The molecule has 0 aromatic heterocycles. The molecule has 1 fully saturated rings. The van der Waals surface area contributed by atoms with E-state index in [1.807, 2.05) is 18.2 Å². The van der Waals surface area contributed by atoms with E-state index < -0.39 is 0 Å². The van der Waals surface area contributed by atoms with Crippen molar-refractivity contribution in [3.8, 4) is 5.75 Å². The molecule has 2 N–H and O–H groups in total. The Morgan fingerprint density at radius 2 is 2.40 bits per heavy atom. The molecule has 1 amide bonds. The number of carbonyl (C=O) groups excluding carboxylic acids is 1. The third kappa shape index (κ3) is 4.83.